The molecule has 0 unspecified atom stereocenters. The number of rotatable bonds is 3. The van der Waals surface area contributed by atoms with Gasteiger partial charge in [0, 0.05) is 6.54 Å². The zero-order chi connectivity index (χ0) is 12.8. The Balaban J connectivity index is 0.000000164. The summed E-state index contributed by atoms with van der Waals surface area (Å²) in [6.45, 7) is 0.0209. The van der Waals surface area contributed by atoms with Gasteiger partial charge in [-0.05, 0) is 16.0 Å². The van der Waals surface area contributed by atoms with Crippen molar-refractivity contribution in [3.05, 3.63) is 70.6 Å². The minimum Gasteiger partial charge on any atom is -0.387 e. The molecule has 3 nitrogen and oxygen atoms in total. The Morgan fingerprint density at radius 3 is 1.89 bits per heavy atom. The molecule has 0 bridgehead atoms. The second-order valence-corrected chi connectivity index (χ2v) is 4.00. The van der Waals surface area contributed by atoms with Crippen LogP contribution in [-0.4, -0.2) is 17.6 Å². The lowest BCUT2D eigenvalue weighted by Crippen LogP contribution is -2.25. The van der Waals surface area contributed by atoms with Crippen LogP contribution in [0.3, 0.4) is 0 Å². The van der Waals surface area contributed by atoms with E-state index in [1.54, 1.807) is 0 Å². The van der Waals surface area contributed by atoms with E-state index in [2.05, 4.69) is 29.6 Å². The molecule has 1 aromatic carbocycles. The van der Waals surface area contributed by atoms with Gasteiger partial charge in [-0.3, -0.25) is 4.79 Å². The molecule has 92 valence electrons. The second-order valence-electron chi connectivity index (χ2n) is 4.00. The first-order valence-corrected chi connectivity index (χ1v) is 5.81. The van der Waals surface area contributed by atoms with Crippen molar-refractivity contribution in [3.8, 4) is 0 Å². The van der Waals surface area contributed by atoms with Gasteiger partial charge in [0.05, 0.1) is 0 Å². The third-order valence-electron chi connectivity index (χ3n) is 2.69. The van der Waals surface area contributed by atoms with Crippen LogP contribution in [0, 0.1) is 10.4 Å². The average Bonchev–Trinajstić information content (AvgIpc) is 2.42. The molecule has 1 aromatic rings. The van der Waals surface area contributed by atoms with Gasteiger partial charge in [0.1, 0.15) is 6.61 Å². The summed E-state index contributed by atoms with van der Waals surface area (Å²) in [6.07, 6.45) is 0. The van der Waals surface area contributed by atoms with Crippen LogP contribution in [-0.2, 0) is 11.3 Å². The average molecular weight is 241 g/mol. The van der Waals surface area contributed by atoms with Crippen LogP contribution in [0.5, 0.6) is 0 Å². The van der Waals surface area contributed by atoms with E-state index in [0.29, 0.717) is 6.54 Å². The molecule has 0 atom stereocenters. The van der Waals surface area contributed by atoms with Crippen LogP contribution in [0.25, 0.3) is 0 Å². The number of hydrogen-bond donors (Lipinski definition) is 2. The highest BCUT2D eigenvalue weighted by Gasteiger charge is 1.96. The van der Waals surface area contributed by atoms with Crippen molar-refractivity contribution in [2.45, 2.75) is 6.54 Å². The first-order valence-electron chi connectivity index (χ1n) is 5.81. The van der Waals surface area contributed by atoms with Crippen LogP contribution >= 0.6 is 0 Å². The molecule has 3 rings (SSSR count). The van der Waals surface area contributed by atoms with Crippen molar-refractivity contribution < 1.29 is 9.90 Å². The van der Waals surface area contributed by atoms with Gasteiger partial charge in [-0.15, -0.1) is 0 Å². The van der Waals surface area contributed by atoms with Crippen molar-refractivity contribution in [2.24, 2.45) is 0 Å². The van der Waals surface area contributed by atoms with Gasteiger partial charge in [0.15, 0.2) is 0 Å². The fourth-order valence-electron chi connectivity index (χ4n) is 1.52. The number of carbonyl (C=O) groups excluding carboxylic acids is 1. The maximum Gasteiger partial charge on any atom is 0.245 e. The second kappa shape index (κ2) is 5.98. The molecule has 0 aliphatic heterocycles. The van der Waals surface area contributed by atoms with E-state index in [9.17, 15) is 4.79 Å². The van der Waals surface area contributed by atoms with Crippen molar-refractivity contribution in [2.75, 3.05) is 6.61 Å². The normalized spacial score (nSPS) is 10.1. The Morgan fingerprint density at radius 2 is 1.50 bits per heavy atom. The van der Waals surface area contributed by atoms with Crippen molar-refractivity contribution in [3.63, 3.8) is 0 Å². The largest absolute Gasteiger partial charge is 0.387 e. The van der Waals surface area contributed by atoms with Crippen molar-refractivity contribution in [1.29, 1.82) is 0 Å². The fraction of sp³-hybridized carbons (Fsp3) is 0.133. The van der Waals surface area contributed by atoms with Gasteiger partial charge in [-0.2, -0.15) is 0 Å². The highest BCUT2D eigenvalue weighted by molar-refractivity contribution is 5.76. The van der Waals surface area contributed by atoms with E-state index in [-0.39, 0.29) is 5.91 Å². The van der Waals surface area contributed by atoms with E-state index < -0.39 is 6.61 Å². The van der Waals surface area contributed by atoms with Gasteiger partial charge in [-0.25, -0.2) is 0 Å². The summed E-state index contributed by atoms with van der Waals surface area (Å²) >= 11 is 0. The van der Waals surface area contributed by atoms with Gasteiger partial charge in [0.25, 0.3) is 0 Å². The van der Waals surface area contributed by atoms with E-state index in [0.717, 1.165) is 5.56 Å². The maximum atomic E-state index is 10.6. The highest BCUT2D eigenvalue weighted by Crippen LogP contribution is 2.04. The predicted octanol–water partition coefficient (Wildman–Crippen LogP) is 1.58. The van der Waals surface area contributed by atoms with Crippen LogP contribution in [0.4, 0.5) is 0 Å². The zero-order valence-corrected chi connectivity index (χ0v) is 9.97. The summed E-state index contributed by atoms with van der Waals surface area (Å²) in [5, 5.41) is 13.8. The molecule has 2 N–H and O–H groups in total. The number of amides is 1. The number of carbonyl (C=O) groups is 1. The third kappa shape index (κ3) is 3.18. The van der Waals surface area contributed by atoms with E-state index in [4.69, 9.17) is 5.11 Å². The number of benzene rings is 2. The number of aliphatic hydroxyl groups excluding tert-OH is 1. The maximum absolute atomic E-state index is 10.6. The smallest absolute Gasteiger partial charge is 0.245 e. The summed E-state index contributed by atoms with van der Waals surface area (Å²) < 4.78 is 0. The lowest BCUT2D eigenvalue weighted by atomic mass is 10.1. The Kier molecular flexibility index (Phi) is 4.10. The molecule has 2 aliphatic rings. The summed E-state index contributed by atoms with van der Waals surface area (Å²) in [7, 11) is 0. The molecule has 0 aromatic heterocycles. The molecule has 0 radical (unpaired) electrons. The zero-order valence-electron chi connectivity index (χ0n) is 9.97. The minimum atomic E-state index is -0.452. The number of aliphatic hydroxyl groups is 1. The topological polar surface area (TPSA) is 49.3 Å². The molecule has 0 fully saturated rings. The molecule has 0 spiro atoms. The van der Waals surface area contributed by atoms with E-state index in [1.807, 2.05) is 30.3 Å². The molecule has 3 heteroatoms. The third-order valence-corrected chi connectivity index (χ3v) is 2.69. The molecule has 0 heterocycles. The molecular weight excluding hydrogens is 226 g/mol. The lowest BCUT2D eigenvalue weighted by Gasteiger charge is -2.01. The molecule has 2 aliphatic carbocycles. The molecular formula is C15H15NO2. The lowest BCUT2D eigenvalue weighted by molar-refractivity contribution is -0.123. The predicted molar refractivity (Wildman–Crippen MR) is 69.5 cm³/mol. The molecule has 18 heavy (non-hydrogen) atoms. The summed E-state index contributed by atoms with van der Waals surface area (Å²) in [5.41, 5.74) is 1.03. The first kappa shape index (κ1) is 12.3. The Hall–Kier alpha value is -2.13. The SMILES string of the molecule is O=C(CO)NCc1ccccc1.c1cc2ccc1=2. The number of nitrogens with one attached hydrogen (secondary N) is 1. The van der Waals surface area contributed by atoms with Crippen LogP contribution in [0.2, 0.25) is 0 Å². The van der Waals surface area contributed by atoms with E-state index >= 15 is 0 Å². The van der Waals surface area contributed by atoms with Crippen LogP contribution < -0.4 is 5.32 Å². The molecule has 1 amide bonds. The van der Waals surface area contributed by atoms with Crippen LogP contribution in [0.15, 0.2) is 54.6 Å². The van der Waals surface area contributed by atoms with Gasteiger partial charge in [0.2, 0.25) is 5.91 Å². The quantitative estimate of drug-likeness (QED) is 0.731. The Bertz CT molecular complexity index is 558. The van der Waals surface area contributed by atoms with Crippen molar-refractivity contribution in [1.82, 2.24) is 5.32 Å². The first-order chi connectivity index (χ1) is 8.79. The summed E-state index contributed by atoms with van der Waals surface area (Å²) in [5.74, 6) is -0.348. The van der Waals surface area contributed by atoms with Gasteiger partial charge >= 0.3 is 0 Å². The molecule has 0 saturated carbocycles. The number of hydrogen-bond acceptors (Lipinski definition) is 2. The van der Waals surface area contributed by atoms with E-state index in [1.165, 1.54) is 10.4 Å². The van der Waals surface area contributed by atoms with Gasteiger partial charge in [-0.1, -0.05) is 54.6 Å². The monoisotopic (exact) mass is 241 g/mol. The fourth-order valence-corrected chi connectivity index (χ4v) is 1.52. The highest BCUT2D eigenvalue weighted by atomic mass is 16.3. The Labute approximate surface area is 105 Å². The minimum absolute atomic E-state index is 0.348. The summed E-state index contributed by atoms with van der Waals surface area (Å²) in [4.78, 5) is 10.6. The van der Waals surface area contributed by atoms with Crippen LogP contribution in [0.1, 0.15) is 5.56 Å². The molecule has 0 saturated heterocycles. The standard InChI is InChI=1S/C9H11NO2.C6H4/c11-7-9(12)10-6-8-4-2-1-3-5-8;1-2-6-4-3-5(1)6/h1-5,11H,6-7H2,(H,10,12);1-4H. The van der Waals surface area contributed by atoms with Crippen molar-refractivity contribution >= 4 is 5.91 Å². The summed E-state index contributed by atoms with van der Waals surface area (Å²) in [6, 6.07) is 18.0. The van der Waals surface area contributed by atoms with Gasteiger partial charge < -0.3 is 10.4 Å². The Morgan fingerprint density at radius 1 is 0.944 bits per heavy atom.